The van der Waals surface area contributed by atoms with Gasteiger partial charge in [0.1, 0.15) is 23.4 Å². The summed E-state index contributed by atoms with van der Waals surface area (Å²) >= 11 is 6.21. The summed E-state index contributed by atoms with van der Waals surface area (Å²) in [6, 6.07) is 10.1. The molecule has 0 saturated carbocycles. The molecule has 236 valence electrons. The molecule has 0 aliphatic heterocycles. The topological polar surface area (TPSA) is 64.6 Å². The van der Waals surface area contributed by atoms with E-state index in [2.05, 4.69) is 18.9 Å². The van der Waals surface area contributed by atoms with Crippen molar-refractivity contribution in [3.05, 3.63) is 65.7 Å². The van der Waals surface area contributed by atoms with Crippen LogP contribution in [0.2, 0.25) is 0 Å². The zero-order valence-electron chi connectivity index (χ0n) is 25.3. The van der Waals surface area contributed by atoms with E-state index in [0.717, 1.165) is 56.7 Å². The highest BCUT2D eigenvalue weighted by molar-refractivity contribution is 7.84. The van der Waals surface area contributed by atoms with Crippen LogP contribution >= 0.6 is 18.1 Å². The van der Waals surface area contributed by atoms with Gasteiger partial charge in [0.25, 0.3) is 0 Å². The first-order valence-corrected chi connectivity index (χ1v) is 18.2. The van der Waals surface area contributed by atoms with E-state index in [1.165, 1.54) is 51.4 Å². The maximum atomic E-state index is 13.9. The summed E-state index contributed by atoms with van der Waals surface area (Å²) in [5.41, 5.74) is 0.203. The van der Waals surface area contributed by atoms with Gasteiger partial charge in [-0.05, 0) is 55.0 Å². The highest BCUT2D eigenvalue weighted by Gasteiger charge is 2.32. The van der Waals surface area contributed by atoms with Crippen molar-refractivity contribution in [2.24, 2.45) is 5.92 Å². The third kappa shape index (κ3) is 16.0. The molecule has 2 aromatic rings. The molecule has 0 aromatic heterocycles. The van der Waals surface area contributed by atoms with E-state index in [4.69, 9.17) is 20.5 Å². The number of carbonyl (C=O) groups excluding carboxylic acids is 1. The molecule has 0 amide bonds. The van der Waals surface area contributed by atoms with Crippen LogP contribution in [0.5, 0.6) is 5.75 Å². The van der Waals surface area contributed by atoms with Gasteiger partial charge in [-0.3, -0.25) is 4.79 Å². The smallest absolute Gasteiger partial charge is 0.409 e. The Morgan fingerprint density at radius 1 is 0.833 bits per heavy atom. The Balaban J connectivity index is 2.06. The number of hydrogen-bond acceptors (Lipinski definition) is 4. The fourth-order valence-electron chi connectivity index (χ4n) is 5.01. The Bertz CT molecular complexity index is 1040. The molecule has 1 unspecified atom stereocenters. The summed E-state index contributed by atoms with van der Waals surface area (Å²) in [5.74, 6) is -1.77. The van der Waals surface area contributed by atoms with E-state index < -0.39 is 30.5 Å². The molecule has 42 heavy (non-hydrogen) atoms. The van der Waals surface area contributed by atoms with Crippen LogP contribution in [0.25, 0.3) is 0 Å². The minimum Gasteiger partial charge on any atom is -0.464 e. The molecule has 0 aliphatic carbocycles. The van der Waals surface area contributed by atoms with Crippen LogP contribution < -0.4 is 9.61 Å². The number of unbranched alkanes of at least 4 members (excludes halogenated alkanes) is 10. The van der Waals surface area contributed by atoms with Gasteiger partial charge in [0.15, 0.2) is 0 Å². The van der Waals surface area contributed by atoms with E-state index in [-0.39, 0.29) is 30.3 Å². The largest absolute Gasteiger partial charge is 0.464 e. The number of nitrogens with one attached hydrogen (secondary N) is 1. The average molecular weight is 628 g/mol. The highest BCUT2D eigenvalue weighted by Crippen LogP contribution is 2.48. The molecular formula is C33H49ClF2NO4P. The minimum absolute atomic E-state index is 0.179. The second-order valence-corrected chi connectivity index (χ2v) is 13.9. The maximum Gasteiger partial charge on any atom is 0.409 e. The van der Waals surface area contributed by atoms with Crippen molar-refractivity contribution in [2.45, 2.75) is 116 Å². The van der Waals surface area contributed by atoms with Crippen molar-refractivity contribution in [2.75, 3.05) is 6.61 Å². The molecule has 0 fully saturated rings. The molecular weight excluding hydrogens is 579 g/mol. The molecule has 2 atom stereocenters. The monoisotopic (exact) mass is 627 g/mol. The molecule has 0 bridgehead atoms. The zero-order chi connectivity index (χ0) is 30.6. The number of ether oxygens (including phenoxy) is 1. The van der Waals surface area contributed by atoms with Gasteiger partial charge in [-0.15, -0.1) is 0 Å². The SMILES string of the molecule is CCCCCCCCC(CCCCCCCC)COC(=O)[C@H](Cc1cc(F)cc(F)c1)NP(=O)(Cl)Oc1ccccc1. The highest BCUT2D eigenvalue weighted by atomic mass is 35.7. The first-order chi connectivity index (χ1) is 20.2. The fourth-order valence-corrected chi connectivity index (χ4v) is 6.62. The minimum atomic E-state index is -4.06. The fraction of sp³-hybridized carbons (Fsp3) is 0.606. The standard InChI is InChI=1S/C33H49ClF2NO4P/c1-3-5-7-9-11-14-18-27(19-15-12-10-8-6-4-2)26-40-33(38)32(24-28-22-29(35)25-30(36)23-28)37-42(34,39)41-31-20-16-13-17-21-31/h13,16-17,20-23,25,27,32H,3-12,14-15,18-19,24,26H2,1-2H3,(H,37,39)/t32-,42?/m0/s1. The van der Waals surface area contributed by atoms with Crippen molar-refractivity contribution >= 4 is 24.1 Å². The van der Waals surface area contributed by atoms with Crippen LogP contribution in [0.1, 0.15) is 109 Å². The lowest BCUT2D eigenvalue weighted by Gasteiger charge is -2.23. The van der Waals surface area contributed by atoms with E-state index in [0.29, 0.717) is 0 Å². The van der Waals surface area contributed by atoms with E-state index in [1.54, 1.807) is 30.3 Å². The van der Waals surface area contributed by atoms with Gasteiger partial charge in [-0.1, -0.05) is 109 Å². The van der Waals surface area contributed by atoms with Crippen LogP contribution in [0, 0.1) is 17.6 Å². The maximum absolute atomic E-state index is 13.9. The van der Waals surface area contributed by atoms with Crippen molar-refractivity contribution in [3.8, 4) is 5.75 Å². The Morgan fingerprint density at radius 3 is 1.90 bits per heavy atom. The molecule has 0 spiro atoms. The second kappa shape index (κ2) is 20.9. The van der Waals surface area contributed by atoms with Crippen LogP contribution in [0.15, 0.2) is 48.5 Å². The van der Waals surface area contributed by atoms with Crippen molar-refractivity contribution in [3.63, 3.8) is 0 Å². The number of halogens is 3. The number of hydrogen-bond donors (Lipinski definition) is 1. The van der Waals surface area contributed by atoms with Gasteiger partial charge in [0.2, 0.25) is 0 Å². The number of esters is 1. The first-order valence-electron chi connectivity index (χ1n) is 15.7. The van der Waals surface area contributed by atoms with Gasteiger partial charge in [-0.2, -0.15) is 0 Å². The third-order valence-corrected chi connectivity index (χ3v) is 8.88. The van der Waals surface area contributed by atoms with Gasteiger partial charge >= 0.3 is 12.8 Å². The molecule has 0 aliphatic rings. The van der Waals surface area contributed by atoms with Gasteiger partial charge in [0.05, 0.1) is 6.61 Å². The Labute approximate surface area is 256 Å². The predicted molar refractivity (Wildman–Crippen MR) is 168 cm³/mol. The van der Waals surface area contributed by atoms with Gasteiger partial charge < -0.3 is 9.26 Å². The van der Waals surface area contributed by atoms with Gasteiger partial charge in [0, 0.05) is 17.3 Å². The van der Waals surface area contributed by atoms with Crippen LogP contribution in [0.4, 0.5) is 8.78 Å². The summed E-state index contributed by atoms with van der Waals surface area (Å²) < 4.78 is 52.1. The lowest BCUT2D eigenvalue weighted by molar-refractivity contribution is -0.147. The van der Waals surface area contributed by atoms with Crippen molar-refractivity contribution in [1.29, 1.82) is 0 Å². The van der Waals surface area contributed by atoms with Crippen molar-refractivity contribution < 1.29 is 27.4 Å². The van der Waals surface area contributed by atoms with E-state index in [9.17, 15) is 18.1 Å². The summed E-state index contributed by atoms with van der Waals surface area (Å²) in [6.07, 6.45) is 16.0. The van der Waals surface area contributed by atoms with Crippen LogP contribution in [-0.4, -0.2) is 18.6 Å². The summed E-state index contributed by atoms with van der Waals surface area (Å²) in [5, 5.41) is 2.58. The molecule has 2 rings (SSSR count). The van der Waals surface area contributed by atoms with Crippen molar-refractivity contribution in [1.82, 2.24) is 5.09 Å². The number of para-hydroxylation sites is 1. The molecule has 9 heteroatoms. The average Bonchev–Trinajstić information content (AvgIpc) is 2.94. The van der Waals surface area contributed by atoms with Crippen LogP contribution in [0.3, 0.4) is 0 Å². The molecule has 1 N–H and O–H groups in total. The van der Waals surface area contributed by atoms with E-state index in [1.807, 2.05) is 0 Å². The molecule has 5 nitrogen and oxygen atoms in total. The van der Waals surface area contributed by atoms with Crippen LogP contribution in [-0.2, 0) is 20.5 Å². The molecule has 0 saturated heterocycles. The Morgan fingerprint density at radius 2 is 1.36 bits per heavy atom. The molecule has 0 heterocycles. The summed E-state index contributed by atoms with van der Waals surface area (Å²) in [4.78, 5) is 13.3. The third-order valence-electron chi connectivity index (χ3n) is 7.32. The quantitative estimate of drug-likeness (QED) is 0.0754. The Kier molecular flexibility index (Phi) is 18.0. The Hall–Kier alpha value is -1.95. The number of carbonyl (C=O) groups is 1. The first kappa shape index (κ1) is 36.2. The molecule has 0 radical (unpaired) electrons. The summed E-state index contributed by atoms with van der Waals surface area (Å²) in [6.45, 7) is 0.572. The van der Waals surface area contributed by atoms with Gasteiger partial charge in [-0.25, -0.2) is 18.4 Å². The second-order valence-electron chi connectivity index (χ2n) is 11.2. The number of benzene rings is 2. The predicted octanol–water partition coefficient (Wildman–Crippen LogP) is 10.6. The molecule has 2 aromatic carbocycles. The normalized spacial score (nSPS) is 13.6. The lowest BCUT2D eigenvalue weighted by Crippen LogP contribution is -2.38. The van der Waals surface area contributed by atoms with E-state index >= 15 is 0 Å². The lowest BCUT2D eigenvalue weighted by atomic mass is 9.94. The summed E-state index contributed by atoms with van der Waals surface area (Å²) in [7, 11) is 0. The zero-order valence-corrected chi connectivity index (χ0v) is 27.0. The number of rotatable bonds is 23.